The number of ether oxygens (including phenoxy) is 2. The molecule has 0 aliphatic rings. The van der Waals surface area contributed by atoms with Gasteiger partial charge in [-0.2, -0.15) is 0 Å². The van der Waals surface area contributed by atoms with Gasteiger partial charge in [0.15, 0.2) is 0 Å². The molecular formula is C13H18BrNO3. The number of benzene rings is 1. The van der Waals surface area contributed by atoms with E-state index in [1.54, 1.807) is 18.2 Å². The summed E-state index contributed by atoms with van der Waals surface area (Å²) < 4.78 is 11.1. The maximum atomic E-state index is 11.7. The molecule has 100 valence electrons. The van der Waals surface area contributed by atoms with Crippen LogP contribution in [0.25, 0.3) is 0 Å². The Labute approximate surface area is 116 Å². The highest BCUT2D eigenvalue weighted by molar-refractivity contribution is 9.10. The Kier molecular flexibility index (Phi) is 6.15. The zero-order valence-corrected chi connectivity index (χ0v) is 12.2. The van der Waals surface area contributed by atoms with Crippen molar-refractivity contribution in [2.75, 3.05) is 25.6 Å². The van der Waals surface area contributed by atoms with Gasteiger partial charge in [0, 0.05) is 16.8 Å². The van der Waals surface area contributed by atoms with Gasteiger partial charge in [-0.3, -0.25) is 0 Å². The molecule has 0 fully saturated rings. The van der Waals surface area contributed by atoms with Crippen LogP contribution in [-0.2, 0) is 9.47 Å². The third kappa shape index (κ3) is 5.06. The fourth-order valence-corrected chi connectivity index (χ4v) is 1.63. The average Bonchev–Trinajstić information content (AvgIpc) is 2.31. The highest BCUT2D eigenvalue weighted by Crippen LogP contribution is 2.20. The summed E-state index contributed by atoms with van der Waals surface area (Å²) in [6.07, 6.45) is 0. The predicted molar refractivity (Wildman–Crippen MR) is 74.5 cm³/mol. The van der Waals surface area contributed by atoms with Gasteiger partial charge in [-0.05, 0) is 40.0 Å². The summed E-state index contributed by atoms with van der Waals surface area (Å²) in [5, 5.41) is 0. The van der Waals surface area contributed by atoms with Crippen LogP contribution >= 0.6 is 15.9 Å². The molecule has 0 saturated heterocycles. The van der Waals surface area contributed by atoms with Crippen LogP contribution < -0.4 is 5.73 Å². The highest BCUT2D eigenvalue weighted by atomic mass is 79.9. The lowest BCUT2D eigenvalue weighted by Crippen LogP contribution is -2.12. The number of carbonyl (C=O) groups is 1. The van der Waals surface area contributed by atoms with E-state index in [0.717, 1.165) is 0 Å². The third-order valence-corrected chi connectivity index (χ3v) is 2.83. The molecule has 0 aliphatic carbocycles. The number of esters is 1. The average molecular weight is 316 g/mol. The van der Waals surface area contributed by atoms with Gasteiger partial charge in [-0.25, -0.2) is 4.79 Å². The van der Waals surface area contributed by atoms with E-state index in [-0.39, 0.29) is 12.6 Å². The summed E-state index contributed by atoms with van der Waals surface area (Å²) in [5.41, 5.74) is 6.70. The van der Waals surface area contributed by atoms with E-state index < -0.39 is 0 Å². The normalized spacial score (nSPS) is 10.7. The molecule has 2 N–H and O–H groups in total. The fourth-order valence-electron chi connectivity index (χ4n) is 1.25. The van der Waals surface area contributed by atoms with E-state index in [2.05, 4.69) is 29.8 Å². The van der Waals surface area contributed by atoms with Gasteiger partial charge in [-0.1, -0.05) is 13.8 Å². The van der Waals surface area contributed by atoms with Crippen molar-refractivity contribution < 1.29 is 14.3 Å². The molecule has 4 nitrogen and oxygen atoms in total. The lowest BCUT2D eigenvalue weighted by Gasteiger charge is -2.08. The SMILES string of the molecule is CC(C)COCCOC(=O)c1ccc(N)c(Br)c1. The van der Waals surface area contributed by atoms with Crippen molar-refractivity contribution in [2.24, 2.45) is 5.92 Å². The maximum Gasteiger partial charge on any atom is 0.338 e. The van der Waals surface area contributed by atoms with E-state index >= 15 is 0 Å². The van der Waals surface area contributed by atoms with Crippen LogP contribution in [0.1, 0.15) is 24.2 Å². The minimum absolute atomic E-state index is 0.257. The molecule has 0 unspecified atom stereocenters. The molecule has 0 atom stereocenters. The number of anilines is 1. The summed E-state index contributed by atoms with van der Waals surface area (Å²) in [5.74, 6) is 0.109. The van der Waals surface area contributed by atoms with Crippen molar-refractivity contribution >= 4 is 27.6 Å². The topological polar surface area (TPSA) is 61.5 Å². The minimum Gasteiger partial charge on any atom is -0.460 e. The number of hydrogen-bond donors (Lipinski definition) is 1. The molecule has 0 saturated carbocycles. The Bertz CT molecular complexity index is 407. The number of halogens is 1. The summed E-state index contributed by atoms with van der Waals surface area (Å²) in [6, 6.07) is 4.94. The van der Waals surface area contributed by atoms with Crippen LogP contribution in [-0.4, -0.2) is 25.8 Å². The molecular weight excluding hydrogens is 298 g/mol. The molecule has 0 bridgehead atoms. The van der Waals surface area contributed by atoms with Gasteiger partial charge in [-0.15, -0.1) is 0 Å². The number of rotatable bonds is 6. The summed E-state index contributed by atoms with van der Waals surface area (Å²) in [4.78, 5) is 11.7. The summed E-state index contributed by atoms with van der Waals surface area (Å²) in [7, 11) is 0. The van der Waals surface area contributed by atoms with Gasteiger partial charge >= 0.3 is 5.97 Å². The number of carbonyl (C=O) groups excluding carboxylic acids is 1. The van der Waals surface area contributed by atoms with Gasteiger partial charge in [0.05, 0.1) is 12.2 Å². The van der Waals surface area contributed by atoms with Crippen LogP contribution in [0.4, 0.5) is 5.69 Å². The zero-order valence-electron chi connectivity index (χ0n) is 10.6. The van der Waals surface area contributed by atoms with Crippen LogP contribution in [0.2, 0.25) is 0 Å². The summed E-state index contributed by atoms with van der Waals surface area (Å²) >= 11 is 3.27. The molecule has 0 aliphatic heterocycles. The standard InChI is InChI=1S/C13H18BrNO3/c1-9(2)8-17-5-6-18-13(16)10-3-4-12(15)11(14)7-10/h3-4,7,9H,5-6,8,15H2,1-2H3. The minimum atomic E-state index is -0.371. The van der Waals surface area contributed by atoms with Crippen LogP contribution in [0.15, 0.2) is 22.7 Å². The van der Waals surface area contributed by atoms with E-state index in [9.17, 15) is 4.79 Å². The number of nitrogens with two attached hydrogens (primary N) is 1. The fraction of sp³-hybridized carbons (Fsp3) is 0.462. The van der Waals surface area contributed by atoms with E-state index in [0.29, 0.717) is 34.9 Å². The van der Waals surface area contributed by atoms with Crippen molar-refractivity contribution in [1.29, 1.82) is 0 Å². The Hall–Kier alpha value is -1.07. The molecule has 0 heterocycles. The molecule has 0 spiro atoms. The molecule has 1 aromatic rings. The van der Waals surface area contributed by atoms with Crippen molar-refractivity contribution in [1.82, 2.24) is 0 Å². The molecule has 0 aromatic heterocycles. The Morgan fingerprint density at radius 3 is 2.72 bits per heavy atom. The number of nitrogen functional groups attached to an aromatic ring is 1. The number of hydrogen-bond acceptors (Lipinski definition) is 4. The van der Waals surface area contributed by atoms with Gasteiger partial charge in [0.2, 0.25) is 0 Å². The van der Waals surface area contributed by atoms with Gasteiger partial charge < -0.3 is 15.2 Å². The molecule has 1 rings (SSSR count). The Morgan fingerprint density at radius 2 is 2.11 bits per heavy atom. The molecule has 0 amide bonds. The molecule has 1 aromatic carbocycles. The second kappa shape index (κ2) is 7.38. The largest absolute Gasteiger partial charge is 0.460 e. The van der Waals surface area contributed by atoms with Crippen molar-refractivity contribution in [3.05, 3.63) is 28.2 Å². The quantitative estimate of drug-likeness (QED) is 0.498. The predicted octanol–water partition coefficient (Wildman–Crippen LogP) is 2.86. The smallest absolute Gasteiger partial charge is 0.338 e. The first-order valence-corrected chi connectivity index (χ1v) is 6.60. The second-order valence-electron chi connectivity index (χ2n) is 4.34. The van der Waals surface area contributed by atoms with E-state index in [1.807, 2.05) is 0 Å². The summed E-state index contributed by atoms with van der Waals surface area (Å²) in [6.45, 7) is 5.48. The molecule has 5 heteroatoms. The Morgan fingerprint density at radius 1 is 1.39 bits per heavy atom. The second-order valence-corrected chi connectivity index (χ2v) is 5.20. The van der Waals surface area contributed by atoms with E-state index in [4.69, 9.17) is 15.2 Å². The van der Waals surface area contributed by atoms with Crippen LogP contribution in [0, 0.1) is 5.92 Å². The van der Waals surface area contributed by atoms with Gasteiger partial charge in [0.1, 0.15) is 6.61 Å². The lowest BCUT2D eigenvalue weighted by atomic mass is 10.2. The van der Waals surface area contributed by atoms with Crippen LogP contribution in [0.3, 0.4) is 0 Å². The lowest BCUT2D eigenvalue weighted by molar-refractivity contribution is 0.0277. The zero-order chi connectivity index (χ0) is 13.5. The first-order chi connectivity index (χ1) is 8.50. The molecule has 18 heavy (non-hydrogen) atoms. The highest BCUT2D eigenvalue weighted by Gasteiger charge is 2.08. The van der Waals surface area contributed by atoms with Crippen molar-refractivity contribution in [3.63, 3.8) is 0 Å². The first-order valence-electron chi connectivity index (χ1n) is 5.80. The first kappa shape index (κ1) is 15.0. The molecule has 0 radical (unpaired) electrons. The van der Waals surface area contributed by atoms with Crippen LogP contribution in [0.5, 0.6) is 0 Å². The van der Waals surface area contributed by atoms with E-state index in [1.165, 1.54) is 0 Å². The third-order valence-electron chi connectivity index (χ3n) is 2.15. The Balaban J connectivity index is 2.34. The van der Waals surface area contributed by atoms with Crippen molar-refractivity contribution in [3.8, 4) is 0 Å². The maximum absolute atomic E-state index is 11.7. The van der Waals surface area contributed by atoms with Gasteiger partial charge in [0.25, 0.3) is 0 Å². The van der Waals surface area contributed by atoms with Crippen molar-refractivity contribution in [2.45, 2.75) is 13.8 Å². The monoisotopic (exact) mass is 315 g/mol.